The van der Waals surface area contributed by atoms with Crippen molar-refractivity contribution in [3.63, 3.8) is 0 Å². The molecule has 0 aliphatic carbocycles. The summed E-state index contributed by atoms with van der Waals surface area (Å²) >= 11 is 0. The van der Waals surface area contributed by atoms with E-state index in [2.05, 4.69) is 5.16 Å². The van der Waals surface area contributed by atoms with Crippen LogP contribution in [0.15, 0.2) is 10.6 Å². The summed E-state index contributed by atoms with van der Waals surface area (Å²) in [5.74, 6) is -0.636. The minimum absolute atomic E-state index is 0.0386. The maximum absolute atomic E-state index is 12.1. The van der Waals surface area contributed by atoms with Gasteiger partial charge in [-0.15, -0.1) is 0 Å². The van der Waals surface area contributed by atoms with Crippen molar-refractivity contribution in [2.75, 3.05) is 20.1 Å². The van der Waals surface area contributed by atoms with E-state index in [-0.39, 0.29) is 11.6 Å². The summed E-state index contributed by atoms with van der Waals surface area (Å²) in [4.78, 5) is 26.5. The highest BCUT2D eigenvalue weighted by molar-refractivity contribution is 5.86. The Morgan fingerprint density at radius 2 is 2.21 bits per heavy atom. The Morgan fingerprint density at radius 1 is 1.53 bits per heavy atom. The fraction of sp³-hybridized carbons (Fsp3) is 0.583. The van der Waals surface area contributed by atoms with Gasteiger partial charge >= 0.3 is 5.97 Å². The normalized spacial score (nSPS) is 19.7. The van der Waals surface area contributed by atoms with Crippen LogP contribution in [0, 0.1) is 0 Å². The van der Waals surface area contributed by atoms with Gasteiger partial charge in [0.25, 0.3) is 0 Å². The van der Waals surface area contributed by atoms with Crippen LogP contribution in [0.3, 0.4) is 0 Å². The highest BCUT2D eigenvalue weighted by atomic mass is 16.5. The standard InChI is InChI=1S/C12H17N3O4/c1-12(2)11(18)14(3)4-5-15(12)7-8-6-9(10(16)17)13-19-8/h6H,4-5,7H2,1-3H3,(H,16,17). The molecule has 19 heavy (non-hydrogen) atoms. The summed E-state index contributed by atoms with van der Waals surface area (Å²) in [5.41, 5.74) is -0.753. The van der Waals surface area contributed by atoms with E-state index in [0.717, 1.165) is 0 Å². The number of carbonyl (C=O) groups excluding carboxylic acids is 1. The fourth-order valence-electron chi connectivity index (χ4n) is 2.21. The lowest BCUT2D eigenvalue weighted by Crippen LogP contribution is -2.61. The van der Waals surface area contributed by atoms with Gasteiger partial charge in [-0.1, -0.05) is 5.16 Å². The molecule has 1 N–H and O–H groups in total. The Morgan fingerprint density at radius 3 is 2.79 bits per heavy atom. The number of hydrogen-bond donors (Lipinski definition) is 1. The lowest BCUT2D eigenvalue weighted by Gasteiger charge is -2.44. The number of likely N-dealkylation sites (N-methyl/N-ethyl adjacent to an activating group) is 1. The number of hydrogen-bond acceptors (Lipinski definition) is 5. The quantitative estimate of drug-likeness (QED) is 0.854. The van der Waals surface area contributed by atoms with Crippen molar-refractivity contribution >= 4 is 11.9 Å². The summed E-state index contributed by atoms with van der Waals surface area (Å²) in [6.07, 6.45) is 0. The predicted molar refractivity (Wildman–Crippen MR) is 65.6 cm³/mol. The van der Waals surface area contributed by atoms with Crippen LogP contribution in [0.1, 0.15) is 30.1 Å². The molecule has 2 heterocycles. The number of carboxylic acid groups (broad SMARTS) is 1. The van der Waals surface area contributed by atoms with Gasteiger partial charge in [-0.3, -0.25) is 9.69 Å². The van der Waals surface area contributed by atoms with Gasteiger partial charge in [-0.2, -0.15) is 0 Å². The molecule has 0 saturated carbocycles. The minimum Gasteiger partial charge on any atom is -0.476 e. The Kier molecular flexibility index (Phi) is 3.32. The van der Waals surface area contributed by atoms with Gasteiger partial charge in [0.1, 0.15) is 0 Å². The Balaban J connectivity index is 2.13. The van der Waals surface area contributed by atoms with Crippen LogP contribution in [0.4, 0.5) is 0 Å². The molecule has 1 saturated heterocycles. The molecule has 1 aliphatic rings. The fourth-order valence-corrected chi connectivity index (χ4v) is 2.21. The van der Waals surface area contributed by atoms with E-state index in [9.17, 15) is 9.59 Å². The zero-order chi connectivity index (χ0) is 14.2. The van der Waals surface area contributed by atoms with Crippen molar-refractivity contribution in [2.45, 2.75) is 25.9 Å². The first-order valence-corrected chi connectivity index (χ1v) is 6.02. The molecule has 2 rings (SSSR count). The number of amides is 1. The Hall–Kier alpha value is -1.89. The second-order valence-corrected chi connectivity index (χ2v) is 5.19. The predicted octanol–water partition coefficient (Wildman–Crippen LogP) is 0.425. The number of aromatic carboxylic acids is 1. The van der Waals surface area contributed by atoms with E-state index >= 15 is 0 Å². The van der Waals surface area contributed by atoms with Crippen LogP contribution in [0.25, 0.3) is 0 Å². The number of aromatic nitrogens is 1. The molecule has 0 unspecified atom stereocenters. The van der Waals surface area contributed by atoms with E-state index in [1.165, 1.54) is 6.07 Å². The number of carboxylic acids is 1. The molecule has 0 atom stereocenters. The van der Waals surface area contributed by atoms with Crippen LogP contribution in [0.2, 0.25) is 0 Å². The first-order valence-electron chi connectivity index (χ1n) is 6.02. The van der Waals surface area contributed by atoms with Crippen LogP contribution in [-0.2, 0) is 11.3 Å². The monoisotopic (exact) mass is 267 g/mol. The van der Waals surface area contributed by atoms with Crippen LogP contribution in [0.5, 0.6) is 0 Å². The second kappa shape index (κ2) is 4.65. The van der Waals surface area contributed by atoms with Crippen molar-refractivity contribution in [3.8, 4) is 0 Å². The van der Waals surface area contributed by atoms with Gasteiger partial charge in [0.2, 0.25) is 5.91 Å². The van der Waals surface area contributed by atoms with Gasteiger partial charge in [-0.25, -0.2) is 4.79 Å². The Labute approximate surface area is 110 Å². The van der Waals surface area contributed by atoms with E-state index in [0.29, 0.717) is 25.4 Å². The average molecular weight is 267 g/mol. The largest absolute Gasteiger partial charge is 0.476 e. The molecule has 1 aromatic rings. The second-order valence-electron chi connectivity index (χ2n) is 5.19. The molecular formula is C12H17N3O4. The van der Waals surface area contributed by atoms with Crippen molar-refractivity contribution in [1.82, 2.24) is 15.0 Å². The molecule has 104 valence electrons. The summed E-state index contributed by atoms with van der Waals surface area (Å²) < 4.78 is 4.99. The zero-order valence-electron chi connectivity index (χ0n) is 11.2. The van der Waals surface area contributed by atoms with E-state index in [1.807, 2.05) is 18.7 Å². The number of rotatable bonds is 3. The number of piperazine rings is 1. The summed E-state index contributed by atoms with van der Waals surface area (Å²) in [6, 6.07) is 1.39. The molecule has 0 spiro atoms. The zero-order valence-corrected chi connectivity index (χ0v) is 11.2. The third-order valence-corrected chi connectivity index (χ3v) is 3.49. The minimum atomic E-state index is -1.12. The molecule has 0 bridgehead atoms. The van der Waals surface area contributed by atoms with E-state index in [1.54, 1.807) is 11.9 Å². The molecule has 1 amide bonds. The third kappa shape index (κ3) is 2.46. The van der Waals surface area contributed by atoms with E-state index in [4.69, 9.17) is 9.63 Å². The van der Waals surface area contributed by atoms with Gasteiger partial charge in [0.15, 0.2) is 11.5 Å². The molecule has 0 aromatic carbocycles. The Bertz CT molecular complexity index is 509. The summed E-state index contributed by atoms with van der Waals surface area (Å²) in [7, 11) is 1.78. The average Bonchev–Trinajstić information content (AvgIpc) is 2.79. The first-order chi connectivity index (χ1) is 8.82. The van der Waals surface area contributed by atoms with Crippen LogP contribution >= 0.6 is 0 Å². The lowest BCUT2D eigenvalue weighted by molar-refractivity contribution is -0.147. The first kappa shape index (κ1) is 13.5. The number of carbonyl (C=O) groups is 2. The van der Waals surface area contributed by atoms with Gasteiger partial charge in [0.05, 0.1) is 12.1 Å². The van der Waals surface area contributed by atoms with Crippen molar-refractivity contribution in [1.29, 1.82) is 0 Å². The van der Waals surface area contributed by atoms with Crippen LogP contribution in [-0.4, -0.2) is 57.6 Å². The maximum Gasteiger partial charge on any atom is 0.358 e. The van der Waals surface area contributed by atoms with Crippen molar-refractivity contribution in [3.05, 3.63) is 17.5 Å². The van der Waals surface area contributed by atoms with Crippen LogP contribution < -0.4 is 0 Å². The smallest absolute Gasteiger partial charge is 0.358 e. The molecule has 0 radical (unpaired) electrons. The SMILES string of the molecule is CN1CCN(Cc2cc(C(=O)O)no2)C(C)(C)C1=O. The molecular weight excluding hydrogens is 250 g/mol. The molecule has 1 fully saturated rings. The van der Waals surface area contributed by atoms with Crippen molar-refractivity contribution in [2.24, 2.45) is 0 Å². The van der Waals surface area contributed by atoms with E-state index < -0.39 is 11.5 Å². The third-order valence-electron chi connectivity index (χ3n) is 3.49. The van der Waals surface area contributed by atoms with Gasteiger partial charge in [-0.05, 0) is 13.8 Å². The summed E-state index contributed by atoms with van der Waals surface area (Å²) in [6.45, 7) is 5.41. The van der Waals surface area contributed by atoms with Crippen molar-refractivity contribution < 1.29 is 19.2 Å². The molecule has 7 heteroatoms. The highest BCUT2D eigenvalue weighted by Crippen LogP contribution is 2.24. The highest BCUT2D eigenvalue weighted by Gasteiger charge is 2.40. The van der Waals surface area contributed by atoms with Gasteiger partial charge in [0, 0.05) is 26.2 Å². The number of nitrogens with zero attached hydrogens (tertiary/aromatic N) is 3. The topological polar surface area (TPSA) is 86.9 Å². The maximum atomic E-state index is 12.1. The van der Waals surface area contributed by atoms with Gasteiger partial charge < -0.3 is 14.5 Å². The molecule has 1 aromatic heterocycles. The summed E-state index contributed by atoms with van der Waals surface area (Å²) in [5, 5.41) is 12.3. The lowest BCUT2D eigenvalue weighted by atomic mass is 9.97. The molecule has 1 aliphatic heterocycles. The molecule has 7 nitrogen and oxygen atoms in total.